The molecule has 4 heterocycles. The van der Waals surface area contributed by atoms with Crippen molar-refractivity contribution in [2.75, 3.05) is 0 Å². The molecule has 0 saturated carbocycles. The molecule has 4 nitrogen and oxygen atoms in total. The first-order valence-electron chi connectivity index (χ1n) is 11.8. The molecule has 0 unspecified atom stereocenters. The summed E-state index contributed by atoms with van der Waals surface area (Å²) >= 11 is 0.137. The molecular weight excluding hydrogens is 578 g/mol. The quantitative estimate of drug-likeness (QED) is 0.103. The van der Waals surface area contributed by atoms with E-state index in [-0.39, 0.29) is 29.0 Å². The van der Waals surface area contributed by atoms with Crippen molar-refractivity contribution in [3.63, 3.8) is 0 Å². The summed E-state index contributed by atoms with van der Waals surface area (Å²) in [5.74, 6) is 0. The number of para-hydroxylation sites is 6. The molecule has 0 aliphatic carbocycles. The third kappa shape index (κ3) is 2.40. The second-order valence-corrected chi connectivity index (χ2v) is 13.4. The number of rotatable bonds is 0. The predicted molar refractivity (Wildman–Crippen MR) is 149 cm³/mol. The van der Waals surface area contributed by atoms with Crippen LogP contribution in [0.4, 0.5) is 0 Å². The van der Waals surface area contributed by atoms with Gasteiger partial charge in [-0.25, -0.2) is 0 Å². The fourth-order valence-corrected chi connectivity index (χ4v) is 10.3. The van der Waals surface area contributed by atoms with Gasteiger partial charge < -0.3 is 0 Å². The van der Waals surface area contributed by atoms with Crippen LogP contribution in [-0.2, 0) is 0 Å². The van der Waals surface area contributed by atoms with Crippen LogP contribution < -0.4 is 0 Å². The van der Waals surface area contributed by atoms with Gasteiger partial charge in [0.15, 0.2) is 0 Å². The zero-order valence-corrected chi connectivity index (χ0v) is 22.2. The van der Waals surface area contributed by atoms with Crippen LogP contribution in [0.3, 0.4) is 0 Å². The second-order valence-electron chi connectivity index (χ2n) is 8.96. The molecule has 36 heavy (non-hydrogen) atoms. The monoisotopic (exact) mass is 596 g/mol. The van der Waals surface area contributed by atoms with Gasteiger partial charge >= 0.3 is 216 Å². The molecule has 0 saturated heterocycles. The molecule has 9 rings (SSSR count). The maximum atomic E-state index is 6.81. The van der Waals surface area contributed by atoms with Gasteiger partial charge in [-0.1, -0.05) is 0 Å². The summed E-state index contributed by atoms with van der Waals surface area (Å²) in [6, 6.07) is 34.3. The van der Waals surface area contributed by atoms with Crippen LogP contribution in [0.2, 0.25) is 0 Å². The summed E-state index contributed by atoms with van der Waals surface area (Å²) in [5.41, 5.74) is 10.7. The van der Waals surface area contributed by atoms with Crippen molar-refractivity contribution in [3.8, 4) is 0 Å². The minimum absolute atomic E-state index is 0.0686. The fraction of sp³-hybridized carbons (Fsp3) is 0. The number of nitrogens with zero attached hydrogens (tertiary/aromatic N) is 2. The Bertz CT molecular complexity index is 2060. The van der Waals surface area contributed by atoms with E-state index in [2.05, 4.69) is 106 Å². The van der Waals surface area contributed by atoms with Crippen LogP contribution in [0.5, 0.6) is 0 Å². The van der Waals surface area contributed by atoms with Crippen molar-refractivity contribution >= 4 is 101 Å². The fourth-order valence-electron chi connectivity index (χ4n) is 5.52. The van der Waals surface area contributed by atoms with Crippen molar-refractivity contribution in [1.29, 1.82) is 0 Å². The van der Waals surface area contributed by atoms with Crippen LogP contribution in [0.1, 0.15) is 0 Å². The standard InChI is InChI=1S/C30H16N2O2Se2/c1-5-13-21-17(9-1)31-19-11-3-7-15-23(19)35-29-25(31)27(33-21)30-26-28(29)34-22-14-6-2-10-18(22)32(26)20-12-4-8-16-24(20)36-30/h1-16H. The normalized spacial score (nSPS) is 12.4. The third-order valence-corrected chi connectivity index (χ3v) is 11.8. The molecule has 5 aromatic carbocycles. The molecule has 170 valence electrons. The molecule has 0 amide bonds. The molecule has 0 atom stereocenters. The zero-order chi connectivity index (χ0) is 23.4. The van der Waals surface area contributed by atoms with E-state index in [9.17, 15) is 0 Å². The predicted octanol–water partition coefficient (Wildman–Crippen LogP) is 7.54. The summed E-state index contributed by atoms with van der Waals surface area (Å²) in [4.78, 5) is 0. The molecule has 0 aliphatic rings. The topological polar surface area (TPSA) is 35.1 Å². The van der Waals surface area contributed by atoms with E-state index in [4.69, 9.17) is 8.83 Å². The van der Waals surface area contributed by atoms with Crippen molar-refractivity contribution in [1.82, 2.24) is 8.80 Å². The molecule has 0 radical (unpaired) electrons. The average Bonchev–Trinajstić information content (AvgIpc) is 2.94. The molecule has 9 aromatic rings. The molecule has 0 spiro atoms. The zero-order valence-electron chi connectivity index (χ0n) is 18.8. The van der Waals surface area contributed by atoms with Gasteiger partial charge in [-0.15, -0.1) is 0 Å². The molecule has 4 aromatic heterocycles. The molecule has 0 fully saturated rings. The molecule has 6 heteroatoms. The summed E-state index contributed by atoms with van der Waals surface area (Å²) in [5, 5.41) is 0. The van der Waals surface area contributed by atoms with Crippen molar-refractivity contribution < 1.29 is 8.83 Å². The Balaban J connectivity index is 1.75. The molecule has 0 N–H and O–H groups in total. The van der Waals surface area contributed by atoms with Gasteiger partial charge in [0.1, 0.15) is 0 Å². The number of hydrogen-bond donors (Lipinski definition) is 0. The number of hydrogen-bond acceptors (Lipinski definition) is 2. The van der Waals surface area contributed by atoms with E-state index in [1.165, 1.54) is 28.1 Å². The Morgan fingerprint density at radius 1 is 0.444 bits per heavy atom. The Morgan fingerprint density at radius 3 is 1.31 bits per heavy atom. The van der Waals surface area contributed by atoms with Gasteiger partial charge in [-0.3, -0.25) is 0 Å². The second kappa shape index (κ2) is 6.97. The average molecular weight is 594 g/mol. The Kier molecular flexibility index (Phi) is 3.78. The number of benzene rings is 5. The minimum atomic E-state index is 0.0686. The van der Waals surface area contributed by atoms with E-state index in [0.717, 1.165) is 44.4 Å². The Hall–Kier alpha value is -3.66. The van der Waals surface area contributed by atoms with E-state index in [0.29, 0.717) is 0 Å². The van der Waals surface area contributed by atoms with Gasteiger partial charge in [0, 0.05) is 0 Å². The summed E-state index contributed by atoms with van der Waals surface area (Å²) in [6.07, 6.45) is 0. The van der Waals surface area contributed by atoms with Crippen molar-refractivity contribution in [3.05, 3.63) is 97.1 Å². The summed E-state index contributed by atoms with van der Waals surface area (Å²) in [7, 11) is 0. The van der Waals surface area contributed by atoms with Gasteiger partial charge in [-0.2, -0.15) is 0 Å². The number of aromatic nitrogens is 2. The number of fused-ring (bicyclic) bond motifs is 10. The van der Waals surface area contributed by atoms with Gasteiger partial charge in [0.25, 0.3) is 0 Å². The summed E-state index contributed by atoms with van der Waals surface area (Å²) < 4.78 is 23.7. The first-order valence-corrected chi connectivity index (χ1v) is 15.2. The molecular formula is C30H16N2O2Se2. The van der Waals surface area contributed by atoms with E-state index in [1.54, 1.807) is 0 Å². The third-order valence-electron chi connectivity index (χ3n) is 6.99. The Morgan fingerprint density at radius 2 is 0.833 bits per heavy atom. The van der Waals surface area contributed by atoms with Crippen molar-refractivity contribution in [2.45, 2.75) is 0 Å². The Labute approximate surface area is 215 Å². The molecule has 0 bridgehead atoms. The molecule has 0 aliphatic heterocycles. The van der Waals surface area contributed by atoms with Crippen LogP contribution in [0, 0.1) is 0 Å². The van der Waals surface area contributed by atoms with Crippen LogP contribution >= 0.6 is 0 Å². The van der Waals surface area contributed by atoms with Gasteiger partial charge in [0.2, 0.25) is 0 Å². The van der Waals surface area contributed by atoms with Crippen LogP contribution in [0.15, 0.2) is 106 Å². The van der Waals surface area contributed by atoms with Gasteiger partial charge in [0.05, 0.1) is 0 Å². The first kappa shape index (κ1) is 19.5. The van der Waals surface area contributed by atoms with Crippen molar-refractivity contribution in [2.24, 2.45) is 0 Å². The summed E-state index contributed by atoms with van der Waals surface area (Å²) in [6.45, 7) is 0. The van der Waals surface area contributed by atoms with E-state index < -0.39 is 0 Å². The maximum absolute atomic E-state index is 6.81. The SMILES string of the molecule is c1ccc2c(c1)oc1c3[se]c4ccccc4n4c5ccccc5oc(c5[se]c6ccccc6n2c15)c34. The first-order chi connectivity index (χ1) is 17.9. The van der Waals surface area contributed by atoms with Gasteiger partial charge in [-0.05, 0) is 0 Å². The van der Waals surface area contributed by atoms with E-state index in [1.807, 2.05) is 0 Å². The van der Waals surface area contributed by atoms with Crippen LogP contribution in [-0.4, -0.2) is 37.8 Å². The van der Waals surface area contributed by atoms with E-state index >= 15 is 0 Å². The van der Waals surface area contributed by atoms with Crippen LogP contribution in [0.25, 0.3) is 72.5 Å².